The van der Waals surface area contributed by atoms with Crippen molar-refractivity contribution in [1.29, 1.82) is 0 Å². The summed E-state index contributed by atoms with van der Waals surface area (Å²) in [5, 5.41) is 31.9. The molecule has 1 heterocycles. The van der Waals surface area contributed by atoms with E-state index in [-0.39, 0.29) is 28.4 Å². The second-order valence-electron chi connectivity index (χ2n) is 10.3. The summed E-state index contributed by atoms with van der Waals surface area (Å²) in [6.07, 6.45) is 1.85. The number of hydrogen-bond donors (Lipinski definition) is 4. The van der Waals surface area contributed by atoms with Crippen LogP contribution in [0.2, 0.25) is 0 Å². The average Bonchev–Trinajstić information content (AvgIpc) is 3.55. The van der Waals surface area contributed by atoms with Crippen LogP contribution < -0.4 is 9.88 Å². The van der Waals surface area contributed by atoms with Crippen molar-refractivity contribution in [3.63, 3.8) is 0 Å². The van der Waals surface area contributed by atoms with E-state index < -0.39 is 10.0 Å². The highest BCUT2D eigenvalue weighted by atomic mass is 32.2. The number of thiazole rings is 1. The van der Waals surface area contributed by atoms with Gasteiger partial charge in [-0.2, -0.15) is 0 Å². The van der Waals surface area contributed by atoms with Gasteiger partial charge >= 0.3 is 5.97 Å². The van der Waals surface area contributed by atoms with Crippen LogP contribution in [-0.4, -0.2) is 80.9 Å². The van der Waals surface area contributed by atoms with Crippen molar-refractivity contribution in [3.8, 4) is 17.2 Å². The van der Waals surface area contributed by atoms with E-state index in [9.17, 15) is 23.4 Å². The molecular weight excluding hydrogens is 697 g/mol. The van der Waals surface area contributed by atoms with E-state index >= 15 is 0 Å². The zero-order chi connectivity index (χ0) is 38.2. The monoisotopic (exact) mass is 748 g/mol. The molecule has 12 nitrogen and oxygen atoms in total. The smallest absolute Gasteiger partial charge is 0.302 e. The number of phenols is 2. The first-order valence-electron chi connectivity index (χ1n) is 16.6. The molecule has 0 aliphatic carbocycles. The molecule has 0 fully saturated rings. The number of rotatable bonds is 14. The summed E-state index contributed by atoms with van der Waals surface area (Å²) in [5.74, 6) is 1.01. The molecule has 1 aromatic heterocycles. The van der Waals surface area contributed by atoms with Gasteiger partial charge in [0.15, 0.2) is 0 Å². The van der Waals surface area contributed by atoms with Crippen molar-refractivity contribution >= 4 is 48.7 Å². The molecule has 0 amide bonds. The SMILES string of the molecule is CCC(=C(CC)c1ccc(O)cc1)c1ccc(O)cc1.CCOCCO.CCOCCOC(C)=O.CCOc1ccc2nc(S(N)(=O)=O)sc2c1. The maximum Gasteiger partial charge on any atom is 0.302 e. The summed E-state index contributed by atoms with van der Waals surface area (Å²) in [4.78, 5) is 14.1. The van der Waals surface area contributed by atoms with Gasteiger partial charge in [0.05, 0.1) is 36.6 Å². The molecule has 0 spiro atoms. The molecule has 0 saturated carbocycles. The fraction of sp³-hybridized carbons (Fsp3) is 0.405. The van der Waals surface area contributed by atoms with Crippen LogP contribution in [0.5, 0.6) is 17.2 Å². The number of phenolic OH excluding ortho intramolecular Hbond substituents is 2. The molecule has 0 radical (unpaired) electrons. The van der Waals surface area contributed by atoms with E-state index in [1.165, 1.54) is 18.1 Å². The average molecular weight is 749 g/mol. The van der Waals surface area contributed by atoms with Crippen LogP contribution in [0.15, 0.2) is 71.1 Å². The largest absolute Gasteiger partial charge is 0.508 e. The number of allylic oxidation sites excluding steroid dienone is 2. The molecule has 0 bridgehead atoms. The quantitative estimate of drug-likeness (QED) is 0.0605. The summed E-state index contributed by atoms with van der Waals surface area (Å²) < 4.78 is 42.4. The van der Waals surface area contributed by atoms with Crippen LogP contribution in [0, 0.1) is 0 Å². The highest BCUT2D eigenvalue weighted by Gasteiger charge is 2.14. The number of aromatic hydroxyl groups is 2. The van der Waals surface area contributed by atoms with Crippen LogP contribution in [0.3, 0.4) is 0 Å². The number of sulfonamides is 1. The molecule has 14 heteroatoms. The number of aliphatic hydroxyl groups is 1. The molecule has 51 heavy (non-hydrogen) atoms. The summed E-state index contributed by atoms with van der Waals surface area (Å²) in [6.45, 7) is 14.7. The standard InChI is InChI=1S/C18H20O2.C9H10N2O3S2.C6H12O3.C4H10O2/c1-3-17(13-5-9-15(19)10-6-13)18(4-2)14-7-11-16(20)12-8-14;1-2-14-6-3-4-7-8(5-6)15-9(11-7)16(10,12)13;1-3-8-4-5-9-6(2)7;1-2-6-4-3-5/h5-12,19-20H,3-4H2,1-2H3;3-5H,2H2,1H3,(H2,10,12,13);3-5H2,1-2H3;5H,2-4H2,1H3. The highest BCUT2D eigenvalue weighted by Crippen LogP contribution is 2.32. The normalized spacial score (nSPS) is 11.1. The summed E-state index contributed by atoms with van der Waals surface area (Å²) >= 11 is 1.04. The lowest BCUT2D eigenvalue weighted by Crippen LogP contribution is -2.11. The van der Waals surface area contributed by atoms with Gasteiger partial charge in [0.1, 0.15) is 23.9 Å². The van der Waals surface area contributed by atoms with Gasteiger partial charge in [-0.1, -0.05) is 38.1 Å². The van der Waals surface area contributed by atoms with Gasteiger partial charge in [-0.15, -0.1) is 11.3 Å². The van der Waals surface area contributed by atoms with Gasteiger partial charge in [0.25, 0.3) is 10.0 Å². The van der Waals surface area contributed by atoms with Crippen molar-refractivity contribution in [3.05, 3.63) is 77.9 Å². The minimum absolute atomic E-state index is 0.0730. The lowest BCUT2D eigenvalue weighted by atomic mass is 9.91. The molecule has 3 aromatic carbocycles. The number of aromatic nitrogens is 1. The summed E-state index contributed by atoms with van der Waals surface area (Å²) in [5.41, 5.74) is 5.43. The Hall–Kier alpha value is -4.05. The van der Waals surface area contributed by atoms with Gasteiger partial charge in [-0.3, -0.25) is 4.79 Å². The highest BCUT2D eigenvalue weighted by molar-refractivity contribution is 7.91. The minimum atomic E-state index is -3.72. The fourth-order valence-corrected chi connectivity index (χ4v) is 6.05. The Morgan fingerprint density at radius 2 is 1.27 bits per heavy atom. The van der Waals surface area contributed by atoms with E-state index in [1.807, 2.05) is 45.0 Å². The van der Waals surface area contributed by atoms with Crippen LogP contribution in [0.25, 0.3) is 21.4 Å². The molecule has 0 aliphatic rings. The number of benzene rings is 3. The number of hydrogen-bond acceptors (Lipinski definition) is 12. The van der Waals surface area contributed by atoms with Crippen LogP contribution in [0.1, 0.15) is 65.5 Å². The number of ether oxygens (including phenoxy) is 4. The first kappa shape index (κ1) is 45.0. The third kappa shape index (κ3) is 17.6. The molecule has 0 aliphatic heterocycles. The number of aliphatic hydroxyl groups excluding tert-OH is 1. The third-order valence-electron chi connectivity index (χ3n) is 6.57. The number of carbonyl (C=O) groups excluding carboxylic acids is 1. The maximum absolute atomic E-state index is 11.1. The van der Waals surface area contributed by atoms with Crippen molar-refractivity contribution in [2.45, 2.75) is 58.7 Å². The molecule has 0 saturated heterocycles. The zero-order valence-electron chi connectivity index (χ0n) is 30.3. The van der Waals surface area contributed by atoms with Crippen LogP contribution in [0.4, 0.5) is 0 Å². The van der Waals surface area contributed by atoms with Crippen LogP contribution >= 0.6 is 11.3 Å². The Labute approximate surface area is 305 Å². The number of nitrogens with zero attached hydrogens (tertiary/aromatic N) is 1. The van der Waals surface area contributed by atoms with E-state index in [0.29, 0.717) is 50.9 Å². The topological polar surface area (TPSA) is 188 Å². The molecule has 5 N–H and O–H groups in total. The Balaban J connectivity index is 0.000000374. The molecule has 0 unspecified atom stereocenters. The Morgan fingerprint density at radius 3 is 1.67 bits per heavy atom. The fourth-order valence-electron chi connectivity index (χ4n) is 4.37. The van der Waals surface area contributed by atoms with Crippen molar-refractivity contribution in [2.24, 2.45) is 5.14 Å². The Bertz CT molecular complexity index is 1650. The lowest BCUT2D eigenvalue weighted by molar-refractivity contribution is -0.142. The minimum Gasteiger partial charge on any atom is -0.508 e. The number of primary sulfonamides is 1. The van der Waals surface area contributed by atoms with E-state index in [0.717, 1.165) is 40.0 Å². The predicted molar refractivity (Wildman–Crippen MR) is 202 cm³/mol. The second kappa shape index (κ2) is 25.0. The van der Waals surface area contributed by atoms with Crippen LogP contribution in [-0.2, 0) is 29.0 Å². The Morgan fingerprint density at radius 1 is 0.765 bits per heavy atom. The van der Waals surface area contributed by atoms with E-state index in [2.05, 4.69) is 23.6 Å². The van der Waals surface area contributed by atoms with Gasteiger partial charge in [0, 0.05) is 20.1 Å². The van der Waals surface area contributed by atoms with Crippen molar-refractivity contribution in [2.75, 3.05) is 46.2 Å². The summed E-state index contributed by atoms with van der Waals surface area (Å²) in [7, 11) is -3.72. The molecular formula is C37H52N2O10S2. The van der Waals surface area contributed by atoms with E-state index in [1.54, 1.807) is 42.5 Å². The van der Waals surface area contributed by atoms with Gasteiger partial charge in [0.2, 0.25) is 4.34 Å². The van der Waals surface area contributed by atoms with Crippen molar-refractivity contribution < 1.29 is 47.5 Å². The second-order valence-corrected chi connectivity index (χ2v) is 13.1. The van der Waals surface area contributed by atoms with Gasteiger partial charge in [-0.05, 0) is 98.4 Å². The number of fused-ring (bicyclic) bond motifs is 1. The van der Waals surface area contributed by atoms with Crippen molar-refractivity contribution in [1.82, 2.24) is 4.98 Å². The zero-order valence-corrected chi connectivity index (χ0v) is 31.9. The lowest BCUT2D eigenvalue weighted by Gasteiger charge is -2.14. The van der Waals surface area contributed by atoms with E-state index in [4.69, 9.17) is 24.5 Å². The molecule has 4 aromatic rings. The predicted octanol–water partition coefficient (Wildman–Crippen LogP) is 6.77. The first-order chi connectivity index (χ1) is 24.3. The number of esters is 1. The van der Waals surface area contributed by atoms with Gasteiger partial charge in [-0.25, -0.2) is 18.5 Å². The first-order valence-corrected chi connectivity index (χ1v) is 19.0. The molecule has 282 valence electrons. The maximum atomic E-state index is 11.1. The Kier molecular flexibility index (Phi) is 22.0. The molecule has 0 atom stereocenters. The number of nitrogens with two attached hydrogens (primary N) is 1. The summed E-state index contributed by atoms with van der Waals surface area (Å²) in [6, 6.07) is 19.9. The van der Waals surface area contributed by atoms with Gasteiger partial charge < -0.3 is 34.3 Å². The molecule has 4 rings (SSSR count). The number of carbonyl (C=O) groups is 1. The third-order valence-corrected chi connectivity index (χ3v) is 8.91.